The van der Waals surface area contributed by atoms with Crippen LogP contribution in [0.1, 0.15) is 38.1 Å². The standard InChI is InChI=1S/C16H23NO2/c1-10-7-6-8-11-9-12(19-14(10)11)13(17)15(18-5)16(2,3)4/h6-9,13,15H,17H2,1-5H3. The molecule has 3 nitrogen and oxygen atoms in total. The Labute approximate surface area is 114 Å². The van der Waals surface area contributed by atoms with Crippen molar-refractivity contribution >= 4 is 11.0 Å². The minimum absolute atomic E-state index is 0.0395. The highest BCUT2D eigenvalue weighted by Gasteiger charge is 2.33. The summed E-state index contributed by atoms with van der Waals surface area (Å²) in [6.07, 6.45) is -0.0895. The summed E-state index contributed by atoms with van der Waals surface area (Å²) in [5.41, 5.74) is 8.33. The largest absolute Gasteiger partial charge is 0.459 e. The van der Waals surface area contributed by atoms with Gasteiger partial charge >= 0.3 is 0 Å². The van der Waals surface area contributed by atoms with Crippen LogP contribution in [0, 0.1) is 12.3 Å². The first-order valence-corrected chi connectivity index (χ1v) is 6.62. The molecular formula is C16H23NO2. The third-order valence-corrected chi connectivity index (χ3v) is 3.52. The average Bonchev–Trinajstić information content (AvgIpc) is 2.73. The van der Waals surface area contributed by atoms with Crippen molar-refractivity contribution in [3.63, 3.8) is 0 Å². The van der Waals surface area contributed by atoms with E-state index < -0.39 is 0 Å². The van der Waals surface area contributed by atoms with Crippen LogP contribution < -0.4 is 5.73 Å². The highest BCUT2D eigenvalue weighted by molar-refractivity contribution is 5.81. The molecule has 0 fully saturated rings. The van der Waals surface area contributed by atoms with Crippen molar-refractivity contribution in [2.75, 3.05) is 7.11 Å². The van der Waals surface area contributed by atoms with Gasteiger partial charge in [-0.3, -0.25) is 0 Å². The number of hydrogen-bond donors (Lipinski definition) is 1. The number of methoxy groups -OCH3 is 1. The van der Waals surface area contributed by atoms with Crippen molar-refractivity contribution in [3.8, 4) is 0 Å². The van der Waals surface area contributed by atoms with Crippen LogP contribution in [0.25, 0.3) is 11.0 Å². The quantitative estimate of drug-likeness (QED) is 0.914. The highest BCUT2D eigenvalue weighted by atomic mass is 16.5. The van der Waals surface area contributed by atoms with E-state index in [9.17, 15) is 0 Å². The molecule has 0 aliphatic rings. The van der Waals surface area contributed by atoms with Gasteiger partial charge in [0.25, 0.3) is 0 Å². The van der Waals surface area contributed by atoms with Crippen LogP contribution in [0.3, 0.4) is 0 Å². The minimum atomic E-state index is -0.267. The zero-order valence-electron chi connectivity index (χ0n) is 12.4. The van der Waals surface area contributed by atoms with E-state index >= 15 is 0 Å². The van der Waals surface area contributed by atoms with Gasteiger partial charge in [-0.25, -0.2) is 0 Å². The first-order chi connectivity index (χ1) is 8.84. The Morgan fingerprint density at radius 1 is 1.26 bits per heavy atom. The summed E-state index contributed by atoms with van der Waals surface area (Å²) in [4.78, 5) is 0. The van der Waals surface area contributed by atoms with Crippen LogP contribution >= 0.6 is 0 Å². The van der Waals surface area contributed by atoms with Crippen molar-refractivity contribution in [2.45, 2.75) is 39.8 Å². The SMILES string of the molecule is COC(C(N)c1cc2cccc(C)c2o1)C(C)(C)C. The van der Waals surface area contributed by atoms with Gasteiger partial charge in [0.05, 0.1) is 12.1 Å². The molecule has 2 rings (SSSR count). The molecule has 2 atom stereocenters. The molecule has 1 heterocycles. The van der Waals surface area contributed by atoms with Gasteiger partial charge in [-0.2, -0.15) is 0 Å². The summed E-state index contributed by atoms with van der Waals surface area (Å²) >= 11 is 0. The van der Waals surface area contributed by atoms with Crippen molar-refractivity contribution in [1.29, 1.82) is 0 Å². The number of para-hydroxylation sites is 1. The first-order valence-electron chi connectivity index (χ1n) is 6.62. The predicted octanol–water partition coefficient (Wildman–Crippen LogP) is 3.80. The topological polar surface area (TPSA) is 48.4 Å². The zero-order chi connectivity index (χ0) is 14.2. The van der Waals surface area contributed by atoms with E-state index in [-0.39, 0.29) is 17.6 Å². The van der Waals surface area contributed by atoms with Gasteiger partial charge in [0.15, 0.2) is 0 Å². The van der Waals surface area contributed by atoms with Gasteiger partial charge in [-0.1, -0.05) is 39.0 Å². The molecule has 0 amide bonds. The fourth-order valence-corrected chi connectivity index (χ4v) is 2.58. The Bertz CT molecular complexity index is 566. The molecule has 2 aromatic rings. The Balaban J connectivity index is 2.41. The van der Waals surface area contributed by atoms with Crippen LogP contribution in [0.15, 0.2) is 28.7 Å². The Kier molecular flexibility index (Phi) is 3.70. The average molecular weight is 261 g/mol. The second kappa shape index (κ2) is 4.99. The summed E-state index contributed by atoms with van der Waals surface area (Å²) in [6, 6.07) is 7.86. The Morgan fingerprint density at radius 3 is 2.47 bits per heavy atom. The van der Waals surface area contributed by atoms with Crippen molar-refractivity contribution in [3.05, 3.63) is 35.6 Å². The number of ether oxygens (including phenoxy) is 1. The Hall–Kier alpha value is -1.32. The van der Waals surface area contributed by atoms with E-state index in [4.69, 9.17) is 14.9 Å². The Morgan fingerprint density at radius 2 is 1.95 bits per heavy atom. The van der Waals surface area contributed by atoms with E-state index in [0.717, 1.165) is 22.3 Å². The molecule has 0 aliphatic carbocycles. The third kappa shape index (κ3) is 2.67. The van der Waals surface area contributed by atoms with Gasteiger partial charge in [0.2, 0.25) is 0 Å². The van der Waals surface area contributed by atoms with E-state index in [2.05, 4.69) is 20.8 Å². The van der Waals surface area contributed by atoms with Gasteiger partial charge in [-0.15, -0.1) is 0 Å². The molecule has 0 radical (unpaired) electrons. The maximum absolute atomic E-state index is 6.33. The van der Waals surface area contributed by atoms with Crippen molar-refractivity contribution < 1.29 is 9.15 Å². The monoisotopic (exact) mass is 261 g/mol. The number of aryl methyl sites for hydroxylation is 1. The molecule has 1 aromatic heterocycles. The summed E-state index contributed by atoms with van der Waals surface area (Å²) in [5.74, 6) is 0.783. The van der Waals surface area contributed by atoms with Gasteiger partial charge in [-0.05, 0) is 24.0 Å². The summed E-state index contributed by atoms with van der Waals surface area (Å²) in [5, 5.41) is 1.09. The molecule has 3 heteroatoms. The molecule has 0 bridgehead atoms. The number of benzene rings is 1. The van der Waals surface area contributed by atoms with Gasteiger partial charge < -0.3 is 14.9 Å². The smallest absolute Gasteiger partial charge is 0.137 e. The second-order valence-electron chi connectivity index (χ2n) is 6.19. The fourth-order valence-electron chi connectivity index (χ4n) is 2.58. The molecule has 2 N–H and O–H groups in total. The van der Waals surface area contributed by atoms with Gasteiger partial charge in [0, 0.05) is 12.5 Å². The zero-order valence-corrected chi connectivity index (χ0v) is 12.4. The van der Waals surface area contributed by atoms with Crippen molar-refractivity contribution in [2.24, 2.45) is 11.1 Å². The lowest BCUT2D eigenvalue weighted by atomic mass is 9.84. The third-order valence-electron chi connectivity index (χ3n) is 3.52. The molecular weight excluding hydrogens is 238 g/mol. The molecule has 0 spiro atoms. The molecule has 0 saturated heterocycles. The number of nitrogens with two attached hydrogens (primary N) is 1. The van der Waals surface area contributed by atoms with Crippen LogP contribution in [-0.2, 0) is 4.74 Å². The fraction of sp³-hybridized carbons (Fsp3) is 0.500. The minimum Gasteiger partial charge on any atom is -0.459 e. The van der Waals surface area contributed by atoms with E-state index in [1.54, 1.807) is 7.11 Å². The normalized spacial score (nSPS) is 15.7. The molecule has 0 saturated carbocycles. The van der Waals surface area contributed by atoms with Crippen LogP contribution in [-0.4, -0.2) is 13.2 Å². The van der Waals surface area contributed by atoms with E-state index in [1.807, 2.05) is 31.2 Å². The molecule has 2 unspecified atom stereocenters. The summed E-state index contributed by atoms with van der Waals surface area (Å²) in [6.45, 7) is 8.40. The van der Waals surface area contributed by atoms with E-state index in [1.165, 1.54) is 0 Å². The molecule has 1 aromatic carbocycles. The maximum Gasteiger partial charge on any atom is 0.137 e. The predicted molar refractivity (Wildman–Crippen MR) is 78.1 cm³/mol. The number of furan rings is 1. The lowest BCUT2D eigenvalue weighted by Gasteiger charge is -2.32. The molecule has 19 heavy (non-hydrogen) atoms. The molecule has 104 valence electrons. The van der Waals surface area contributed by atoms with E-state index in [0.29, 0.717) is 0 Å². The van der Waals surface area contributed by atoms with Gasteiger partial charge in [0.1, 0.15) is 11.3 Å². The van der Waals surface area contributed by atoms with Crippen LogP contribution in [0.2, 0.25) is 0 Å². The molecule has 0 aliphatic heterocycles. The summed E-state index contributed by atoms with van der Waals surface area (Å²) in [7, 11) is 1.70. The number of hydrogen-bond acceptors (Lipinski definition) is 3. The maximum atomic E-state index is 6.33. The lowest BCUT2D eigenvalue weighted by Crippen LogP contribution is -2.38. The number of fused-ring (bicyclic) bond motifs is 1. The van der Waals surface area contributed by atoms with Crippen LogP contribution in [0.4, 0.5) is 0 Å². The summed E-state index contributed by atoms with van der Waals surface area (Å²) < 4.78 is 11.5. The second-order valence-corrected chi connectivity index (χ2v) is 6.19. The van der Waals surface area contributed by atoms with Crippen LogP contribution in [0.5, 0.6) is 0 Å². The number of rotatable bonds is 3. The lowest BCUT2D eigenvalue weighted by molar-refractivity contribution is -0.00667. The first kappa shape index (κ1) is 14.1. The highest BCUT2D eigenvalue weighted by Crippen LogP contribution is 2.34. The van der Waals surface area contributed by atoms with Crippen molar-refractivity contribution in [1.82, 2.24) is 0 Å².